The second-order valence-electron chi connectivity index (χ2n) is 16.3. The Labute approximate surface area is 353 Å². The van der Waals surface area contributed by atoms with Gasteiger partial charge in [0.1, 0.15) is 0 Å². The summed E-state index contributed by atoms with van der Waals surface area (Å²) < 4.78 is 0. The first-order valence-electron chi connectivity index (χ1n) is 21.3. The average Bonchev–Trinajstić information content (AvgIpc) is 3.54. The monoisotopic (exact) mass is 768 g/mol. The molecule has 0 amide bonds. The summed E-state index contributed by atoms with van der Waals surface area (Å²) in [6, 6.07) is 75.2. The average molecular weight is 769 g/mol. The Kier molecular flexibility index (Phi) is 9.32. The topological polar surface area (TPSA) is 25.8 Å². The van der Waals surface area contributed by atoms with Crippen molar-refractivity contribution in [2.75, 3.05) is 0 Å². The SMILES string of the molecule is c1ccc(-c2ccc(CCC3c4ccccc4-c4ccc5c(c43)-c3ccccc3CCC5c3cc(-c4ccccc4)nc(-c4ccc(-c5ccccc5)cc4)n3)cc2)cc1. The molecular formula is C58H44N2. The first-order valence-corrected chi connectivity index (χ1v) is 21.3. The highest BCUT2D eigenvalue weighted by molar-refractivity contribution is 5.90. The molecule has 1 heterocycles. The molecule has 0 saturated heterocycles. The molecule has 2 heteroatoms. The molecule has 1 aromatic heterocycles. The quantitative estimate of drug-likeness (QED) is 0.154. The molecule has 0 N–H and O–H groups in total. The van der Waals surface area contributed by atoms with Gasteiger partial charge in [-0.25, -0.2) is 9.97 Å². The lowest BCUT2D eigenvalue weighted by Gasteiger charge is -2.24. The number of hydrogen-bond acceptors (Lipinski definition) is 2. The maximum atomic E-state index is 5.50. The maximum absolute atomic E-state index is 5.50. The zero-order valence-electron chi connectivity index (χ0n) is 33.5. The first-order chi connectivity index (χ1) is 29.7. The molecule has 11 rings (SSSR count). The van der Waals surface area contributed by atoms with Crippen molar-refractivity contribution in [3.05, 3.63) is 240 Å². The van der Waals surface area contributed by atoms with E-state index in [0.717, 1.165) is 54.0 Å². The van der Waals surface area contributed by atoms with Crippen LogP contribution >= 0.6 is 0 Å². The van der Waals surface area contributed by atoms with Crippen molar-refractivity contribution in [2.45, 2.75) is 37.5 Å². The van der Waals surface area contributed by atoms with Gasteiger partial charge in [-0.3, -0.25) is 0 Å². The normalized spacial score (nSPS) is 15.0. The Morgan fingerprint density at radius 2 is 1.00 bits per heavy atom. The molecule has 2 aliphatic rings. The van der Waals surface area contributed by atoms with Gasteiger partial charge >= 0.3 is 0 Å². The highest BCUT2D eigenvalue weighted by atomic mass is 14.9. The molecule has 2 aliphatic carbocycles. The van der Waals surface area contributed by atoms with E-state index in [2.05, 4.69) is 206 Å². The Bertz CT molecular complexity index is 2950. The van der Waals surface area contributed by atoms with E-state index in [1.165, 1.54) is 72.3 Å². The minimum Gasteiger partial charge on any atom is -0.232 e. The van der Waals surface area contributed by atoms with Gasteiger partial charge in [0.2, 0.25) is 0 Å². The van der Waals surface area contributed by atoms with E-state index in [9.17, 15) is 0 Å². The van der Waals surface area contributed by atoms with Gasteiger partial charge in [-0.1, -0.05) is 200 Å². The number of fused-ring (bicyclic) bond motifs is 7. The number of rotatable bonds is 8. The van der Waals surface area contributed by atoms with Gasteiger partial charge in [0.25, 0.3) is 0 Å². The molecule has 9 aromatic rings. The number of benzene rings is 8. The molecular weight excluding hydrogens is 725 g/mol. The van der Waals surface area contributed by atoms with Crippen LogP contribution in [0.2, 0.25) is 0 Å². The Hall–Kier alpha value is -7.16. The first kappa shape index (κ1) is 36.0. The van der Waals surface area contributed by atoms with Gasteiger partial charge < -0.3 is 0 Å². The molecule has 286 valence electrons. The van der Waals surface area contributed by atoms with Gasteiger partial charge in [0.05, 0.1) is 11.4 Å². The van der Waals surface area contributed by atoms with Gasteiger partial charge in [0, 0.05) is 23.0 Å². The Morgan fingerprint density at radius 3 is 1.70 bits per heavy atom. The van der Waals surface area contributed by atoms with Gasteiger partial charge in [-0.2, -0.15) is 0 Å². The second kappa shape index (κ2) is 15.5. The Morgan fingerprint density at radius 1 is 0.433 bits per heavy atom. The van der Waals surface area contributed by atoms with Crippen molar-refractivity contribution in [3.63, 3.8) is 0 Å². The van der Waals surface area contributed by atoms with Crippen molar-refractivity contribution in [2.24, 2.45) is 0 Å². The predicted molar refractivity (Wildman–Crippen MR) is 248 cm³/mol. The van der Waals surface area contributed by atoms with E-state index in [-0.39, 0.29) is 11.8 Å². The van der Waals surface area contributed by atoms with Crippen LogP contribution in [0.4, 0.5) is 0 Å². The molecule has 2 unspecified atom stereocenters. The van der Waals surface area contributed by atoms with Crippen molar-refractivity contribution in [3.8, 4) is 67.2 Å². The fourth-order valence-corrected chi connectivity index (χ4v) is 9.85. The van der Waals surface area contributed by atoms with Crippen molar-refractivity contribution in [1.82, 2.24) is 9.97 Å². The van der Waals surface area contributed by atoms with Crippen molar-refractivity contribution < 1.29 is 0 Å². The van der Waals surface area contributed by atoms with Crippen LogP contribution < -0.4 is 0 Å². The number of aromatic nitrogens is 2. The van der Waals surface area contributed by atoms with Gasteiger partial charge in [-0.15, -0.1) is 0 Å². The maximum Gasteiger partial charge on any atom is 0.160 e. The summed E-state index contributed by atoms with van der Waals surface area (Å²) in [5, 5.41) is 0. The van der Waals surface area contributed by atoms with Crippen LogP contribution in [0.1, 0.15) is 58.2 Å². The van der Waals surface area contributed by atoms with Crippen LogP contribution in [0.3, 0.4) is 0 Å². The molecule has 0 bridgehead atoms. The lowest BCUT2D eigenvalue weighted by molar-refractivity contribution is 0.699. The van der Waals surface area contributed by atoms with Crippen LogP contribution in [-0.4, -0.2) is 9.97 Å². The number of aryl methyl sites for hydroxylation is 2. The standard InChI is InChI=1S/C58H44N2/c1-4-14-40(15-5-1)42-27-24-39(25-28-42)26-34-51-48-22-12-13-23-49(48)52-36-37-53-50(35-33-44-18-10-11-21-47(44)56(53)57(51)52)55-38-54(45-19-8-3-9-20-45)59-58(60-55)46-31-29-43(30-32-46)41-16-6-2-7-17-41/h1-25,27-32,36-38,50-51H,26,33-35H2. The molecule has 0 aliphatic heterocycles. The largest absolute Gasteiger partial charge is 0.232 e. The summed E-state index contributed by atoms with van der Waals surface area (Å²) in [4.78, 5) is 10.8. The predicted octanol–water partition coefficient (Wildman–Crippen LogP) is 14.6. The van der Waals surface area contributed by atoms with Crippen LogP contribution in [0.5, 0.6) is 0 Å². The van der Waals surface area contributed by atoms with Crippen LogP contribution in [0, 0.1) is 0 Å². The van der Waals surface area contributed by atoms with E-state index in [1.807, 2.05) is 0 Å². The van der Waals surface area contributed by atoms with E-state index >= 15 is 0 Å². The minimum absolute atomic E-state index is 0.0837. The zero-order chi connectivity index (χ0) is 39.8. The van der Waals surface area contributed by atoms with E-state index in [4.69, 9.17) is 9.97 Å². The Balaban J connectivity index is 1.03. The van der Waals surface area contributed by atoms with Gasteiger partial charge in [-0.05, 0) is 104 Å². The lowest BCUT2D eigenvalue weighted by Crippen LogP contribution is -2.09. The lowest BCUT2D eigenvalue weighted by atomic mass is 9.80. The zero-order valence-corrected chi connectivity index (χ0v) is 33.5. The van der Waals surface area contributed by atoms with E-state index in [0.29, 0.717) is 0 Å². The van der Waals surface area contributed by atoms with Gasteiger partial charge in [0.15, 0.2) is 5.82 Å². The molecule has 8 aromatic carbocycles. The molecule has 60 heavy (non-hydrogen) atoms. The highest BCUT2D eigenvalue weighted by Gasteiger charge is 2.36. The summed E-state index contributed by atoms with van der Waals surface area (Å²) >= 11 is 0. The van der Waals surface area contributed by atoms with E-state index in [1.54, 1.807) is 0 Å². The number of hydrogen-bond donors (Lipinski definition) is 0. The molecule has 0 spiro atoms. The van der Waals surface area contributed by atoms with E-state index < -0.39 is 0 Å². The minimum atomic E-state index is 0.0837. The second-order valence-corrected chi connectivity index (χ2v) is 16.3. The summed E-state index contributed by atoms with van der Waals surface area (Å²) in [5.74, 6) is 1.12. The molecule has 2 atom stereocenters. The van der Waals surface area contributed by atoms with Crippen molar-refractivity contribution in [1.29, 1.82) is 0 Å². The number of nitrogens with zero attached hydrogens (tertiary/aromatic N) is 2. The summed E-state index contributed by atoms with van der Waals surface area (Å²) in [7, 11) is 0. The third-order valence-corrected chi connectivity index (χ3v) is 12.8. The van der Waals surface area contributed by atoms with Crippen molar-refractivity contribution >= 4 is 0 Å². The fourth-order valence-electron chi connectivity index (χ4n) is 9.85. The molecule has 0 saturated carbocycles. The molecule has 0 fully saturated rings. The smallest absolute Gasteiger partial charge is 0.160 e. The summed E-state index contributed by atoms with van der Waals surface area (Å²) in [6.45, 7) is 0. The third-order valence-electron chi connectivity index (χ3n) is 12.8. The summed E-state index contributed by atoms with van der Waals surface area (Å²) in [6.07, 6.45) is 3.97. The van der Waals surface area contributed by atoms with Crippen LogP contribution in [-0.2, 0) is 12.8 Å². The van der Waals surface area contributed by atoms with Crippen LogP contribution in [0.25, 0.3) is 67.2 Å². The molecule has 2 nitrogen and oxygen atoms in total. The van der Waals surface area contributed by atoms with Crippen LogP contribution in [0.15, 0.2) is 206 Å². The highest BCUT2D eigenvalue weighted by Crippen LogP contribution is 2.54. The fraction of sp³-hybridized carbons (Fsp3) is 0.103. The molecule has 0 radical (unpaired) electrons. The third kappa shape index (κ3) is 6.65. The summed E-state index contributed by atoms with van der Waals surface area (Å²) in [5.41, 5.74) is 21.6.